The highest BCUT2D eigenvalue weighted by atomic mass is 35.5. The molecule has 0 atom stereocenters. The quantitative estimate of drug-likeness (QED) is 0.696. The van der Waals surface area contributed by atoms with Crippen molar-refractivity contribution in [3.05, 3.63) is 39.5 Å². The highest BCUT2D eigenvalue weighted by Crippen LogP contribution is 2.33. The van der Waals surface area contributed by atoms with Gasteiger partial charge in [0.15, 0.2) is 0 Å². The third kappa shape index (κ3) is 4.35. The number of carbonyl (C=O) groups excluding carboxylic acids is 1. The van der Waals surface area contributed by atoms with Crippen molar-refractivity contribution in [3.8, 4) is 0 Å². The van der Waals surface area contributed by atoms with E-state index in [0.29, 0.717) is 28.0 Å². The number of sulfonamides is 1. The molecule has 2 heterocycles. The number of benzene rings is 1. The summed E-state index contributed by atoms with van der Waals surface area (Å²) in [6.45, 7) is 6.17. The van der Waals surface area contributed by atoms with Crippen molar-refractivity contribution in [2.75, 3.05) is 36.4 Å². The molecule has 1 fully saturated rings. The number of nitrogens with zero attached hydrogens (tertiary/aromatic N) is 2. The summed E-state index contributed by atoms with van der Waals surface area (Å²) in [4.78, 5) is 15.5. The summed E-state index contributed by atoms with van der Waals surface area (Å²) in [5, 5.41) is 2.89. The Morgan fingerprint density at radius 1 is 1.18 bits per heavy atom. The number of halogens is 1. The van der Waals surface area contributed by atoms with E-state index >= 15 is 0 Å². The molecule has 1 aromatic heterocycles. The van der Waals surface area contributed by atoms with Crippen molar-refractivity contribution in [1.82, 2.24) is 4.31 Å². The molecular weight excluding hydrogens is 418 g/mol. The van der Waals surface area contributed by atoms with E-state index in [-0.39, 0.29) is 10.8 Å². The number of nitrogens with one attached hydrogen (secondary N) is 1. The minimum atomic E-state index is -3.62. The molecule has 1 aliphatic rings. The predicted octanol–water partition coefficient (Wildman–Crippen LogP) is 4.28. The molecule has 1 N–H and O–H groups in total. The van der Waals surface area contributed by atoms with E-state index in [0.717, 1.165) is 31.6 Å². The van der Waals surface area contributed by atoms with Gasteiger partial charge in [0.1, 0.15) is 0 Å². The second-order valence-electron chi connectivity index (χ2n) is 6.52. The molecule has 2 aromatic rings. The van der Waals surface area contributed by atoms with Crippen LogP contribution < -0.4 is 10.2 Å². The van der Waals surface area contributed by atoms with Gasteiger partial charge in [0.2, 0.25) is 10.0 Å². The molecule has 3 rings (SSSR count). The van der Waals surface area contributed by atoms with Crippen LogP contribution in [0.15, 0.2) is 35.2 Å². The Kier molecular flexibility index (Phi) is 6.65. The smallest absolute Gasteiger partial charge is 0.265 e. The highest BCUT2D eigenvalue weighted by molar-refractivity contribution is 7.89. The van der Waals surface area contributed by atoms with Gasteiger partial charge in [-0.25, -0.2) is 8.42 Å². The van der Waals surface area contributed by atoms with Gasteiger partial charge in [0.05, 0.1) is 25.5 Å². The molecule has 0 saturated carbocycles. The summed E-state index contributed by atoms with van der Waals surface area (Å²) in [5.41, 5.74) is 1.34. The maximum atomic E-state index is 12.9. The van der Waals surface area contributed by atoms with Crippen LogP contribution in [-0.4, -0.2) is 44.8 Å². The first kappa shape index (κ1) is 21.1. The number of hydrogen-bond donors (Lipinski definition) is 1. The second-order valence-corrected chi connectivity index (χ2v) is 10.2. The zero-order valence-corrected chi connectivity index (χ0v) is 18.3. The van der Waals surface area contributed by atoms with E-state index in [1.54, 1.807) is 30.3 Å². The van der Waals surface area contributed by atoms with E-state index in [9.17, 15) is 13.2 Å². The van der Waals surface area contributed by atoms with Gasteiger partial charge in [-0.3, -0.25) is 4.79 Å². The van der Waals surface area contributed by atoms with Gasteiger partial charge in [-0.05, 0) is 43.2 Å². The summed E-state index contributed by atoms with van der Waals surface area (Å²) in [6.07, 6.45) is 2.15. The molecule has 6 nitrogen and oxygen atoms in total. The summed E-state index contributed by atoms with van der Waals surface area (Å²) >= 11 is 7.13. The van der Waals surface area contributed by atoms with Crippen molar-refractivity contribution in [1.29, 1.82) is 0 Å². The van der Waals surface area contributed by atoms with E-state index in [4.69, 9.17) is 11.6 Å². The molecule has 0 unspecified atom stereocenters. The van der Waals surface area contributed by atoms with Crippen molar-refractivity contribution in [2.24, 2.45) is 0 Å². The lowest BCUT2D eigenvalue weighted by molar-refractivity contribution is 0.103. The van der Waals surface area contributed by atoms with E-state index < -0.39 is 10.0 Å². The Bertz CT molecular complexity index is 949. The van der Waals surface area contributed by atoms with Crippen LogP contribution in [0.3, 0.4) is 0 Å². The fourth-order valence-electron chi connectivity index (χ4n) is 3.34. The molecule has 0 bridgehead atoms. The average molecular weight is 442 g/mol. The number of thiophene rings is 1. The Hall–Kier alpha value is -1.61. The third-order valence-electron chi connectivity index (χ3n) is 4.80. The van der Waals surface area contributed by atoms with Crippen molar-refractivity contribution in [2.45, 2.75) is 31.6 Å². The van der Waals surface area contributed by atoms with Crippen molar-refractivity contribution in [3.63, 3.8) is 0 Å². The molecule has 152 valence electrons. The lowest BCUT2D eigenvalue weighted by Gasteiger charge is -2.24. The summed E-state index contributed by atoms with van der Waals surface area (Å²) in [7, 11) is -3.62. The summed E-state index contributed by atoms with van der Waals surface area (Å²) in [5.74, 6) is -0.297. The van der Waals surface area contributed by atoms with Gasteiger partial charge >= 0.3 is 0 Å². The molecule has 0 radical (unpaired) electrons. The standard InChI is InChI=1S/C19H24ClN3O3S2/c1-3-23(4-2)28(25,26)14-7-8-16(22-11-5-6-12-22)15(13-14)21-19(24)17-9-10-18(20)27-17/h7-10,13H,3-6,11-12H2,1-2H3,(H,21,24). The fraction of sp³-hybridized carbons (Fsp3) is 0.421. The van der Waals surface area contributed by atoms with Crippen LogP contribution in [0.1, 0.15) is 36.4 Å². The van der Waals surface area contributed by atoms with E-state index in [1.165, 1.54) is 15.6 Å². The molecule has 1 saturated heterocycles. The first-order valence-corrected chi connectivity index (χ1v) is 12.0. The number of amides is 1. The van der Waals surface area contributed by atoms with Gasteiger partial charge in [-0.1, -0.05) is 25.4 Å². The Morgan fingerprint density at radius 2 is 1.86 bits per heavy atom. The topological polar surface area (TPSA) is 69.7 Å². The molecular formula is C19H24ClN3O3S2. The van der Waals surface area contributed by atoms with Crippen LogP contribution in [0, 0.1) is 0 Å². The zero-order valence-electron chi connectivity index (χ0n) is 15.9. The lowest BCUT2D eigenvalue weighted by Crippen LogP contribution is -2.31. The monoisotopic (exact) mass is 441 g/mol. The SMILES string of the molecule is CCN(CC)S(=O)(=O)c1ccc(N2CCCC2)c(NC(=O)c2ccc(Cl)s2)c1. The molecule has 0 aliphatic carbocycles. The van der Waals surface area contributed by atoms with Crippen LogP contribution in [-0.2, 0) is 10.0 Å². The van der Waals surface area contributed by atoms with Gasteiger partial charge < -0.3 is 10.2 Å². The van der Waals surface area contributed by atoms with Crippen LogP contribution in [0.5, 0.6) is 0 Å². The normalized spacial score (nSPS) is 14.6. The zero-order chi connectivity index (χ0) is 20.3. The Labute approximate surface area is 175 Å². The van der Waals surface area contributed by atoms with E-state index in [2.05, 4.69) is 10.2 Å². The molecule has 1 amide bonds. The van der Waals surface area contributed by atoms with Gasteiger partial charge in [0.25, 0.3) is 5.91 Å². The van der Waals surface area contributed by atoms with Crippen LogP contribution in [0.25, 0.3) is 0 Å². The fourth-order valence-corrected chi connectivity index (χ4v) is 5.77. The third-order valence-corrected chi connectivity index (χ3v) is 8.08. The number of carbonyl (C=O) groups is 1. The number of rotatable bonds is 7. The average Bonchev–Trinajstić information content (AvgIpc) is 3.34. The molecule has 9 heteroatoms. The van der Waals surface area contributed by atoms with Crippen molar-refractivity contribution < 1.29 is 13.2 Å². The lowest BCUT2D eigenvalue weighted by atomic mass is 10.2. The van der Waals surface area contributed by atoms with Crippen LogP contribution >= 0.6 is 22.9 Å². The largest absolute Gasteiger partial charge is 0.370 e. The minimum absolute atomic E-state index is 0.179. The summed E-state index contributed by atoms with van der Waals surface area (Å²) < 4.78 is 27.8. The maximum Gasteiger partial charge on any atom is 0.265 e. The van der Waals surface area contributed by atoms with Gasteiger partial charge in [0, 0.05) is 26.2 Å². The highest BCUT2D eigenvalue weighted by Gasteiger charge is 2.25. The second kappa shape index (κ2) is 8.82. The van der Waals surface area contributed by atoms with Gasteiger partial charge in [-0.2, -0.15) is 4.31 Å². The first-order valence-electron chi connectivity index (χ1n) is 9.32. The molecule has 28 heavy (non-hydrogen) atoms. The molecule has 1 aromatic carbocycles. The van der Waals surface area contributed by atoms with E-state index in [1.807, 2.05) is 13.8 Å². The maximum absolute atomic E-state index is 12.9. The number of hydrogen-bond acceptors (Lipinski definition) is 5. The van der Waals surface area contributed by atoms with Crippen LogP contribution in [0.4, 0.5) is 11.4 Å². The van der Waals surface area contributed by atoms with Crippen molar-refractivity contribution >= 4 is 50.2 Å². The Balaban J connectivity index is 1.99. The summed E-state index contributed by atoms with van der Waals surface area (Å²) in [6, 6.07) is 8.31. The van der Waals surface area contributed by atoms with Gasteiger partial charge in [-0.15, -0.1) is 11.3 Å². The predicted molar refractivity (Wildman–Crippen MR) is 115 cm³/mol. The van der Waals surface area contributed by atoms with Crippen LogP contribution in [0.2, 0.25) is 4.34 Å². The number of anilines is 2. The minimum Gasteiger partial charge on any atom is -0.370 e. The Morgan fingerprint density at radius 3 is 2.43 bits per heavy atom. The first-order chi connectivity index (χ1) is 13.4. The molecule has 0 spiro atoms. The molecule has 1 aliphatic heterocycles.